The largest absolute Gasteiger partial charge is 0.507 e. The van der Waals surface area contributed by atoms with Gasteiger partial charge in [-0.1, -0.05) is 0 Å². The first kappa shape index (κ1) is 25.1. The molecular weight excluding hydrogens is 484 g/mol. The number of aliphatic hydroxyl groups is 3. The number of aliphatic hydroxyl groups excluding tert-OH is 3. The van der Waals surface area contributed by atoms with Crippen LogP contribution in [0.3, 0.4) is 0 Å². The Kier molecular flexibility index (Phi) is 6.15. The van der Waals surface area contributed by atoms with Crippen molar-refractivity contribution in [2.45, 2.75) is 57.1 Å². The van der Waals surface area contributed by atoms with Gasteiger partial charge >= 0.3 is 0 Å². The van der Waals surface area contributed by atoms with Crippen LogP contribution in [0.5, 0.6) is 23.0 Å². The number of hydrogen-bond acceptors (Lipinski definition) is 10. The van der Waals surface area contributed by atoms with E-state index < -0.39 is 41.7 Å². The lowest BCUT2D eigenvalue weighted by atomic mass is 9.99. The average Bonchev–Trinajstić information content (AvgIpc) is 2.86. The fourth-order valence-electron chi connectivity index (χ4n) is 4.44. The van der Waals surface area contributed by atoms with Crippen molar-refractivity contribution >= 4 is 17.0 Å². The molecular formula is C27H28O10. The first-order valence-electron chi connectivity index (χ1n) is 11.8. The molecule has 2 aliphatic heterocycles. The second-order valence-electron chi connectivity index (χ2n) is 9.67. The SMILES string of the molecule is COc1ccc(-c2oc3c4c(cc(O)c3c(=O)c2O[C@@H]2O[C@H](C)[C@@H](O)[C@H](O)[C@@H]2O)OC(C)(C)C=C4)cc1. The lowest BCUT2D eigenvalue weighted by Gasteiger charge is -2.38. The highest BCUT2D eigenvalue weighted by Gasteiger charge is 2.44. The van der Waals surface area contributed by atoms with Crippen molar-refractivity contribution in [1.82, 2.24) is 0 Å². The molecule has 37 heavy (non-hydrogen) atoms. The zero-order chi connectivity index (χ0) is 26.6. The van der Waals surface area contributed by atoms with Gasteiger partial charge in [-0.15, -0.1) is 0 Å². The lowest BCUT2D eigenvalue weighted by Crippen LogP contribution is -2.58. The molecule has 0 aliphatic carbocycles. The molecule has 10 nitrogen and oxygen atoms in total. The van der Waals surface area contributed by atoms with Crippen molar-refractivity contribution in [2.75, 3.05) is 7.11 Å². The van der Waals surface area contributed by atoms with E-state index in [1.54, 1.807) is 30.3 Å². The van der Waals surface area contributed by atoms with Gasteiger partial charge < -0.3 is 43.8 Å². The van der Waals surface area contributed by atoms with E-state index in [9.17, 15) is 25.2 Å². The molecule has 1 saturated heterocycles. The van der Waals surface area contributed by atoms with Gasteiger partial charge in [0, 0.05) is 11.6 Å². The van der Waals surface area contributed by atoms with E-state index in [-0.39, 0.29) is 28.2 Å². The number of phenols is 1. The molecule has 5 rings (SSSR count). The van der Waals surface area contributed by atoms with Crippen LogP contribution in [-0.2, 0) is 4.74 Å². The minimum Gasteiger partial charge on any atom is -0.507 e. The Labute approximate surface area is 211 Å². The van der Waals surface area contributed by atoms with Crippen molar-refractivity contribution in [2.24, 2.45) is 0 Å². The van der Waals surface area contributed by atoms with Crippen LogP contribution in [0.15, 0.2) is 45.6 Å². The maximum Gasteiger partial charge on any atom is 0.239 e. The van der Waals surface area contributed by atoms with Gasteiger partial charge in [0.1, 0.15) is 46.5 Å². The smallest absolute Gasteiger partial charge is 0.239 e. The number of phenolic OH excluding ortho intramolecular Hbond substituents is 1. The van der Waals surface area contributed by atoms with E-state index in [1.807, 2.05) is 19.9 Å². The second-order valence-corrected chi connectivity index (χ2v) is 9.67. The summed E-state index contributed by atoms with van der Waals surface area (Å²) in [5.41, 5.74) is -0.377. The van der Waals surface area contributed by atoms with Crippen LogP contribution < -0.4 is 19.6 Å². The van der Waals surface area contributed by atoms with Gasteiger partial charge in [0.2, 0.25) is 17.5 Å². The van der Waals surface area contributed by atoms with Crippen molar-refractivity contribution in [3.8, 4) is 34.3 Å². The number of aromatic hydroxyl groups is 1. The third kappa shape index (κ3) is 4.31. The summed E-state index contributed by atoms with van der Waals surface area (Å²) in [6.07, 6.45) is -3.42. The second kappa shape index (κ2) is 9.07. The van der Waals surface area contributed by atoms with E-state index in [2.05, 4.69) is 0 Å². The van der Waals surface area contributed by atoms with Gasteiger partial charge in [0.05, 0.1) is 18.8 Å². The van der Waals surface area contributed by atoms with E-state index >= 15 is 0 Å². The molecule has 1 fully saturated rings. The Hall–Kier alpha value is -3.57. The molecule has 2 aliphatic rings. The molecule has 3 heterocycles. The Morgan fingerprint density at radius 1 is 1.03 bits per heavy atom. The number of ether oxygens (including phenoxy) is 4. The molecule has 0 amide bonds. The standard InChI is InChI=1S/C27H28O10/c1-12-19(29)21(31)22(32)26(34-12)36-25-20(30)18-16(28)11-17-15(9-10-27(2,3)37-17)24(18)35-23(25)13-5-7-14(33-4)8-6-13/h5-12,19,21-22,26,28-29,31-32H,1-4H3/t12-,19-,21+,22+,26+/m1/s1. The molecule has 0 radical (unpaired) electrons. The van der Waals surface area contributed by atoms with Gasteiger partial charge in [0.25, 0.3) is 0 Å². The topological polar surface area (TPSA) is 148 Å². The molecule has 5 atom stereocenters. The van der Waals surface area contributed by atoms with Crippen molar-refractivity contribution in [3.05, 3.63) is 52.2 Å². The quantitative estimate of drug-likeness (QED) is 0.411. The minimum atomic E-state index is -1.67. The number of methoxy groups -OCH3 is 1. The Morgan fingerprint density at radius 3 is 2.41 bits per heavy atom. The highest BCUT2D eigenvalue weighted by Crippen LogP contribution is 2.43. The van der Waals surface area contributed by atoms with E-state index in [0.717, 1.165) is 0 Å². The predicted molar refractivity (Wildman–Crippen MR) is 133 cm³/mol. The van der Waals surface area contributed by atoms with Crippen molar-refractivity contribution in [3.63, 3.8) is 0 Å². The molecule has 0 spiro atoms. The van der Waals surface area contributed by atoms with E-state index in [0.29, 0.717) is 22.6 Å². The average molecular weight is 513 g/mol. The minimum absolute atomic E-state index is 0.00440. The zero-order valence-corrected chi connectivity index (χ0v) is 20.7. The summed E-state index contributed by atoms with van der Waals surface area (Å²) < 4.78 is 28.8. The molecule has 196 valence electrons. The van der Waals surface area contributed by atoms with Crippen LogP contribution in [0, 0.1) is 0 Å². The highest BCUT2D eigenvalue weighted by molar-refractivity contribution is 5.95. The first-order valence-corrected chi connectivity index (χ1v) is 11.8. The van der Waals surface area contributed by atoms with Crippen LogP contribution in [0.2, 0.25) is 0 Å². The molecule has 0 bridgehead atoms. The lowest BCUT2D eigenvalue weighted by molar-refractivity contribution is -0.268. The summed E-state index contributed by atoms with van der Waals surface area (Å²) in [5, 5.41) is 41.4. The van der Waals surface area contributed by atoms with Crippen LogP contribution >= 0.6 is 0 Å². The molecule has 1 aromatic heterocycles. The summed E-state index contributed by atoms with van der Waals surface area (Å²) >= 11 is 0. The third-order valence-electron chi connectivity index (χ3n) is 6.52. The molecule has 2 aromatic carbocycles. The van der Waals surface area contributed by atoms with Crippen molar-refractivity contribution in [1.29, 1.82) is 0 Å². The summed E-state index contributed by atoms with van der Waals surface area (Å²) in [6, 6.07) is 7.98. The van der Waals surface area contributed by atoms with Crippen LogP contribution in [0.4, 0.5) is 0 Å². The van der Waals surface area contributed by atoms with Gasteiger partial charge in [-0.2, -0.15) is 0 Å². The molecule has 4 N–H and O–H groups in total. The van der Waals surface area contributed by atoms with E-state index in [4.69, 9.17) is 23.4 Å². The summed E-state index contributed by atoms with van der Waals surface area (Å²) in [7, 11) is 1.52. The zero-order valence-electron chi connectivity index (χ0n) is 20.7. The Bertz CT molecular complexity index is 1420. The predicted octanol–water partition coefficient (Wildman–Crippen LogP) is 2.56. The Balaban J connectivity index is 1.73. The maximum atomic E-state index is 13.8. The molecule has 0 unspecified atom stereocenters. The summed E-state index contributed by atoms with van der Waals surface area (Å²) in [4.78, 5) is 13.8. The van der Waals surface area contributed by atoms with Gasteiger partial charge in [-0.05, 0) is 57.2 Å². The normalized spacial score (nSPS) is 26.4. The fraction of sp³-hybridized carbons (Fsp3) is 0.370. The number of hydrogen-bond donors (Lipinski definition) is 4. The summed E-state index contributed by atoms with van der Waals surface area (Å²) in [5.74, 6) is 0.171. The maximum absolute atomic E-state index is 13.8. The van der Waals surface area contributed by atoms with Gasteiger partial charge in [0.15, 0.2) is 11.3 Å². The molecule has 0 saturated carbocycles. The molecule has 10 heteroatoms. The third-order valence-corrected chi connectivity index (χ3v) is 6.52. The monoisotopic (exact) mass is 512 g/mol. The first-order chi connectivity index (χ1) is 17.5. The van der Waals surface area contributed by atoms with Crippen LogP contribution in [0.1, 0.15) is 26.3 Å². The number of rotatable bonds is 4. The summed E-state index contributed by atoms with van der Waals surface area (Å²) in [6.45, 7) is 5.20. The van der Waals surface area contributed by atoms with Gasteiger partial charge in [-0.3, -0.25) is 4.79 Å². The Morgan fingerprint density at radius 2 is 1.73 bits per heavy atom. The highest BCUT2D eigenvalue weighted by atomic mass is 16.7. The number of benzene rings is 2. The van der Waals surface area contributed by atoms with Crippen molar-refractivity contribution < 1.29 is 43.8 Å². The molecule has 3 aromatic rings. The van der Waals surface area contributed by atoms with Crippen LogP contribution in [0.25, 0.3) is 28.4 Å². The fourth-order valence-corrected chi connectivity index (χ4v) is 4.44. The van der Waals surface area contributed by atoms with E-state index in [1.165, 1.54) is 20.1 Å². The van der Waals surface area contributed by atoms with Gasteiger partial charge in [-0.25, -0.2) is 0 Å². The number of fused-ring (bicyclic) bond motifs is 3. The van der Waals surface area contributed by atoms with Crippen LogP contribution in [-0.4, -0.2) is 63.8 Å².